The van der Waals surface area contributed by atoms with E-state index in [0.717, 1.165) is 42.6 Å². The molecule has 2 aromatic rings. The Morgan fingerprint density at radius 2 is 1.64 bits per heavy atom. The average molecular weight is 340 g/mol. The number of carbonyl (C=O) groups excluding carboxylic acids is 1. The fourth-order valence-electron chi connectivity index (χ4n) is 3.36. The number of likely N-dealkylation sites (tertiary alicyclic amines) is 1. The summed E-state index contributed by atoms with van der Waals surface area (Å²) < 4.78 is 1.58. The minimum absolute atomic E-state index is 0.0192. The normalized spacial score (nSPS) is 16.7. The fourth-order valence-corrected chi connectivity index (χ4v) is 3.36. The van der Waals surface area contributed by atoms with Crippen LogP contribution in [0.3, 0.4) is 0 Å². The van der Waals surface area contributed by atoms with Crippen LogP contribution in [0.2, 0.25) is 0 Å². The maximum Gasteiger partial charge on any atom is 0.281 e. The van der Waals surface area contributed by atoms with Gasteiger partial charge in [-0.15, -0.1) is 0 Å². The van der Waals surface area contributed by atoms with E-state index in [1.165, 1.54) is 0 Å². The Labute approximate surface area is 148 Å². The quantitative estimate of drug-likeness (QED) is 0.914. The first-order valence-corrected chi connectivity index (χ1v) is 8.86. The number of pyridine rings is 1. The predicted molar refractivity (Wildman–Crippen MR) is 98.0 cm³/mol. The zero-order chi connectivity index (χ0) is 18.0. The van der Waals surface area contributed by atoms with E-state index in [4.69, 9.17) is 0 Å². The van der Waals surface area contributed by atoms with Crippen LogP contribution in [0, 0.1) is 0 Å². The summed E-state index contributed by atoms with van der Waals surface area (Å²) >= 11 is 0. The van der Waals surface area contributed by atoms with E-state index in [2.05, 4.69) is 24.8 Å². The molecule has 2 atom stereocenters. The molecule has 1 aromatic carbocycles. The first-order valence-electron chi connectivity index (χ1n) is 8.86. The molecule has 3 rings (SSSR count). The summed E-state index contributed by atoms with van der Waals surface area (Å²) in [6.45, 7) is 3.79. The highest BCUT2D eigenvalue weighted by Gasteiger charge is 2.31. The Hall–Kier alpha value is -2.40. The molecule has 25 heavy (non-hydrogen) atoms. The molecule has 2 heterocycles. The van der Waals surface area contributed by atoms with Crippen LogP contribution in [0.25, 0.3) is 11.1 Å². The van der Waals surface area contributed by atoms with Crippen molar-refractivity contribution in [1.29, 1.82) is 0 Å². The van der Waals surface area contributed by atoms with Crippen molar-refractivity contribution in [3.8, 4) is 11.1 Å². The second kappa shape index (κ2) is 7.23. The van der Waals surface area contributed by atoms with Gasteiger partial charge in [0.1, 0.15) is 0 Å². The number of amides is 1. The number of quaternary nitrogens is 1. The molecule has 1 aliphatic heterocycles. The lowest BCUT2D eigenvalue weighted by atomic mass is 9.91. The van der Waals surface area contributed by atoms with Crippen molar-refractivity contribution < 1.29 is 10.5 Å². The van der Waals surface area contributed by atoms with Crippen LogP contribution in [0.5, 0.6) is 0 Å². The number of benzene rings is 1. The van der Waals surface area contributed by atoms with E-state index >= 15 is 0 Å². The van der Waals surface area contributed by atoms with E-state index < -0.39 is 0 Å². The van der Waals surface area contributed by atoms with Gasteiger partial charge in [-0.25, -0.2) is 0 Å². The zero-order valence-corrected chi connectivity index (χ0v) is 14.9. The van der Waals surface area contributed by atoms with E-state index in [1.54, 1.807) is 17.7 Å². The van der Waals surface area contributed by atoms with Crippen molar-refractivity contribution >= 4 is 5.91 Å². The lowest BCUT2D eigenvalue weighted by Crippen LogP contribution is -2.69. The standard InChI is InChI=1S/C20H25N3O2/c1-14(19(21)20(25)23-11-3-4-12-23)15-5-7-16(8-6-15)17-9-10-18(24)22(2)13-17/h5-10,13-14,19H,3-4,11-12,21H2,1-2H3/p+1/t14-,19-/m0/s1. The van der Waals surface area contributed by atoms with Crippen LogP contribution >= 0.6 is 0 Å². The van der Waals surface area contributed by atoms with E-state index in [9.17, 15) is 9.59 Å². The Bertz CT molecular complexity index is 804. The lowest BCUT2D eigenvalue weighted by Gasteiger charge is -2.22. The van der Waals surface area contributed by atoms with Gasteiger partial charge >= 0.3 is 0 Å². The van der Waals surface area contributed by atoms with Crippen molar-refractivity contribution in [2.45, 2.75) is 31.7 Å². The Morgan fingerprint density at radius 1 is 1.04 bits per heavy atom. The molecular weight excluding hydrogens is 314 g/mol. The summed E-state index contributed by atoms with van der Waals surface area (Å²) in [5.41, 5.74) is 7.28. The van der Waals surface area contributed by atoms with Crippen LogP contribution in [-0.4, -0.2) is 34.5 Å². The lowest BCUT2D eigenvalue weighted by molar-refractivity contribution is -0.410. The second-order valence-electron chi connectivity index (χ2n) is 6.92. The molecule has 0 spiro atoms. The largest absolute Gasteiger partial charge is 0.347 e. The Balaban J connectivity index is 1.75. The molecule has 0 bridgehead atoms. The van der Waals surface area contributed by atoms with Gasteiger partial charge in [0, 0.05) is 38.3 Å². The van der Waals surface area contributed by atoms with Crippen molar-refractivity contribution in [3.05, 3.63) is 58.5 Å². The molecule has 1 saturated heterocycles. The number of rotatable bonds is 4. The third kappa shape index (κ3) is 3.66. The van der Waals surface area contributed by atoms with Gasteiger partial charge in [0.25, 0.3) is 5.91 Å². The highest BCUT2D eigenvalue weighted by molar-refractivity contribution is 5.81. The third-order valence-electron chi connectivity index (χ3n) is 5.19. The van der Waals surface area contributed by atoms with Gasteiger partial charge in [0.05, 0.1) is 0 Å². The van der Waals surface area contributed by atoms with Gasteiger partial charge in [-0.3, -0.25) is 9.59 Å². The summed E-state index contributed by atoms with van der Waals surface area (Å²) in [6.07, 6.45) is 4.03. The van der Waals surface area contributed by atoms with Crippen LogP contribution in [0.15, 0.2) is 47.4 Å². The molecule has 0 saturated carbocycles. The highest BCUT2D eigenvalue weighted by atomic mass is 16.2. The molecule has 1 aliphatic rings. The Kier molecular flexibility index (Phi) is 5.04. The average Bonchev–Trinajstić information content (AvgIpc) is 3.17. The summed E-state index contributed by atoms with van der Waals surface area (Å²) in [5.74, 6) is 0.231. The molecule has 132 valence electrons. The highest BCUT2D eigenvalue weighted by Crippen LogP contribution is 2.24. The maximum absolute atomic E-state index is 12.5. The molecule has 1 fully saturated rings. The first kappa shape index (κ1) is 17.4. The molecule has 1 aromatic heterocycles. The molecule has 3 N–H and O–H groups in total. The number of aromatic nitrogens is 1. The topological polar surface area (TPSA) is 70.0 Å². The molecule has 5 nitrogen and oxygen atoms in total. The van der Waals surface area contributed by atoms with Crippen molar-refractivity contribution in [1.82, 2.24) is 9.47 Å². The smallest absolute Gasteiger partial charge is 0.281 e. The minimum atomic E-state index is -0.263. The van der Waals surface area contributed by atoms with Crippen molar-refractivity contribution in [2.24, 2.45) is 7.05 Å². The van der Waals surface area contributed by atoms with Gasteiger partial charge in [0.15, 0.2) is 6.04 Å². The first-order chi connectivity index (χ1) is 12.0. The number of hydrogen-bond donors (Lipinski definition) is 1. The SMILES string of the molecule is C[C@@H](c1ccc(-c2ccc(=O)n(C)c2)cc1)[C@H]([NH3+])C(=O)N1CCCC1. The summed E-state index contributed by atoms with van der Waals surface area (Å²) in [5, 5.41) is 0. The van der Waals surface area contributed by atoms with Gasteiger partial charge in [-0.1, -0.05) is 31.2 Å². The summed E-state index contributed by atoms with van der Waals surface area (Å²) in [7, 11) is 1.75. The van der Waals surface area contributed by atoms with Gasteiger partial charge in [0.2, 0.25) is 5.56 Å². The van der Waals surface area contributed by atoms with Crippen molar-refractivity contribution in [3.63, 3.8) is 0 Å². The molecule has 1 amide bonds. The van der Waals surface area contributed by atoms with E-state index in [0.29, 0.717) is 0 Å². The predicted octanol–water partition coefficient (Wildman–Crippen LogP) is 1.39. The molecule has 0 unspecified atom stereocenters. The van der Waals surface area contributed by atoms with Gasteiger partial charge in [-0.05, 0) is 35.6 Å². The minimum Gasteiger partial charge on any atom is -0.347 e. The third-order valence-corrected chi connectivity index (χ3v) is 5.19. The van der Waals surface area contributed by atoms with E-state index in [-0.39, 0.29) is 23.4 Å². The number of carbonyl (C=O) groups is 1. The van der Waals surface area contributed by atoms with Crippen LogP contribution < -0.4 is 11.3 Å². The monoisotopic (exact) mass is 340 g/mol. The van der Waals surface area contributed by atoms with E-state index in [1.807, 2.05) is 29.3 Å². The summed E-state index contributed by atoms with van der Waals surface area (Å²) in [4.78, 5) is 26.0. The molecule has 0 radical (unpaired) electrons. The van der Waals surface area contributed by atoms with Crippen LogP contribution in [0.1, 0.15) is 31.2 Å². The second-order valence-corrected chi connectivity index (χ2v) is 6.92. The number of aryl methyl sites for hydroxylation is 1. The van der Waals surface area contributed by atoms with Crippen LogP contribution in [0.4, 0.5) is 0 Å². The summed E-state index contributed by atoms with van der Waals surface area (Å²) in [6, 6.07) is 11.3. The van der Waals surface area contributed by atoms with Gasteiger partial charge in [-0.2, -0.15) is 0 Å². The van der Waals surface area contributed by atoms with Crippen molar-refractivity contribution in [2.75, 3.05) is 13.1 Å². The van der Waals surface area contributed by atoms with Gasteiger partial charge < -0.3 is 15.2 Å². The molecule has 0 aliphatic carbocycles. The number of nitrogens with zero attached hydrogens (tertiary/aromatic N) is 2. The number of hydrogen-bond acceptors (Lipinski definition) is 2. The fraction of sp³-hybridized carbons (Fsp3) is 0.400. The van der Waals surface area contributed by atoms with Crippen LogP contribution in [-0.2, 0) is 11.8 Å². The zero-order valence-electron chi connectivity index (χ0n) is 14.9. The maximum atomic E-state index is 12.5. The molecule has 5 heteroatoms. The Morgan fingerprint density at radius 3 is 2.24 bits per heavy atom. The molecular formula is C20H26N3O2+.